The number of ether oxygens (including phenoxy) is 2. The van der Waals surface area contributed by atoms with Gasteiger partial charge in [0.05, 0.1) is 26.3 Å². The van der Waals surface area contributed by atoms with E-state index in [1.807, 2.05) is 0 Å². The molecule has 8 heteroatoms. The number of Topliss-reactive ketones (excluding diaryl/α,β-unsaturated/α-hetero) is 1. The highest BCUT2D eigenvalue weighted by atomic mass is 32.2. The number of carbonyl (C=O) groups excluding carboxylic acids is 3. The number of methoxy groups -OCH3 is 2. The average Bonchev–Trinajstić information content (AvgIpc) is 3.15. The van der Waals surface area contributed by atoms with Gasteiger partial charge in [0.2, 0.25) is 0 Å². The lowest BCUT2D eigenvalue weighted by Gasteiger charge is -2.19. The predicted octanol–water partition coefficient (Wildman–Crippen LogP) is 1.31. The van der Waals surface area contributed by atoms with E-state index in [-0.39, 0.29) is 18.2 Å². The van der Waals surface area contributed by atoms with Crippen LogP contribution < -0.4 is 14.8 Å². The van der Waals surface area contributed by atoms with Crippen LogP contribution in [0.3, 0.4) is 0 Å². The van der Waals surface area contributed by atoms with Gasteiger partial charge in [-0.05, 0) is 24.3 Å². The third-order valence-corrected chi connectivity index (χ3v) is 5.47. The minimum absolute atomic E-state index is 0.306. The van der Waals surface area contributed by atoms with Crippen molar-refractivity contribution in [2.75, 3.05) is 32.3 Å². The number of thioether (sulfide) groups is 1. The van der Waals surface area contributed by atoms with E-state index in [9.17, 15) is 14.4 Å². The molecule has 1 atom stereocenters. The lowest BCUT2D eigenvalue weighted by Crippen LogP contribution is -2.47. The first-order valence-corrected chi connectivity index (χ1v) is 8.63. The molecule has 7 nitrogen and oxygen atoms in total. The van der Waals surface area contributed by atoms with Gasteiger partial charge in [-0.25, -0.2) is 4.79 Å². The number of nitrogens with zero attached hydrogens (tertiary/aromatic N) is 1. The van der Waals surface area contributed by atoms with Crippen LogP contribution in [-0.4, -0.2) is 60.4 Å². The van der Waals surface area contributed by atoms with Crippen LogP contribution in [0.2, 0.25) is 0 Å². The third-order valence-electron chi connectivity index (χ3n) is 4.28. The highest BCUT2D eigenvalue weighted by Gasteiger charge is 2.53. The molecule has 1 aromatic carbocycles. The van der Waals surface area contributed by atoms with Crippen LogP contribution >= 0.6 is 11.8 Å². The van der Waals surface area contributed by atoms with E-state index in [4.69, 9.17) is 9.47 Å². The van der Waals surface area contributed by atoms with Crippen molar-refractivity contribution in [1.29, 1.82) is 0 Å². The van der Waals surface area contributed by atoms with Gasteiger partial charge in [0.15, 0.2) is 5.78 Å². The second kappa shape index (κ2) is 6.35. The molecule has 2 heterocycles. The first kappa shape index (κ1) is 16.6. The summed E-state index contributed by atoms with van der Waals surface area (Å²) in [6, 6.07) is 4.29. The number of ketones is 1. The summed E-state index contributed by atoms with van der Waals surface area (Å²) in [5.74, 6) is 1.59. The van der Waals surface area contributed by atoms with E-state index < -0.39 is 11.6 Å². The highest BCUT2D eigenvalue weighted by molar-refractivity contribution is 7.99. The van der Waals surface area contributed by atoms with Gasteiger partial charge < -0.3 is 14.8 Å². The fraction of sp³-hybridized carbons (Fsp3) is 0.438. The van der Waals surface area contributed by atoms with Gasteiger partial charge in [-0.3, -0.25) is 14.5 Å². The van der Waals surface area contributed by atoms with Gasteiger partial charge >= 0.3 is 6.03 Å². The summed E-state index contributed by atoms with van der Waals surface area (Å²) in [6.07, 6.45) is 0.596. The Morgan fingerprint density at radius 3 is 2.75 bits per heavy atom. The second-order valence-corrected chi connectivity index (χ2v) is 6.80. The molecule has 0 radical (unpaired) electrons. The van der Waals surface area contributed by atoms with E-state index in [1.54, 1.807) is 30.0 Å². The molecule has 0 aliphatic carbocycles. The molecule has 3 rings (SSSR count). The molecular weight excluding hydrogens is 332 g/mol. The number of carbonyl (C=O) groups is 3. The first-order chi connectivity index (χ1) is 11.5. The minimum Gasteiger partial charge on any atom is -0.497 e. The van der Waals surface area contributed by atoms with Crippen LogP contribution in [-0.2, 0) is 4.79 Å². The maximum Gasteiger partial charge on any atom is 0.325 e. The van der Waals surface area contributed by atoms with Crippen molar-refractivity contribution in [3.63, 3.8) is 0 Å². The summed E-state index contributed by atoms with van der Waals surface area (Å²) in [5.41, 5.74) is -0.535. The Morgan fingerprint density at radius 1 is 1.33 bits per heavy atom. The normalized spacial score (nSPS) is 22.8. The van der Waals surface area contributed by atoms with Crippen molar-refractivity contribution in [1.82, 2.24) is 10.2 Å². The molecule has 3 amide bonds. The Balaban J connectivity index is 1.80. The van der Waals surface area contributed by atoms with Gasteiger partial charge in [-0.1, -0.05) is 0 Å². The average molecular weight is 350 g/mol. The predicted molar refractivity (Wildman–Crippen MR) is 88.8 cm³/mol. The van der Waals surface area contributed by atoms with E-state index in [0.717, 1.165) is 10.7 Å². The van der Waals surface area contributed by atoms with Gasteiger partial charge in [0.25, 0.3) is 5.91 Å². The zero-order valence-electron chi connectivity index (χ0n) is 13.5. The number of hydrogen-bond acceptors (Lipinski definition) is 6. The summed E-state index contributed by atoms with van der Waals surface area (Å²) >= 11 is 1.62. The number of hydrogen-bond donors (Lipinski definition) is 1. The van der Waals surface area contributed by atoms with Crippen LogP contribution in [0.15, 0.2) is 18.2 Å². The topological polar surface area (TPSA) is 84.9 Å². The molecule has 2 aliphatic heterocycles. The van der Waals surface area contributed by atoms with E-state index in [0.29, 0.717) is 29.2 Å². The smallest absolute Gasteiger partial charge is 0.325 e. The van der Waals surface area contributed by atoms with E-state index in [1.165, 1.54) is 14.2 Å². The van der Waals surface area contributed by atoms with Gasteiger partial charge in [-0.15, -0.1) is 0 Å². The zero-order chi connectivity index (χ0) is 17.3. The maximum absolute atomic E-state index is 12.6. The molecule has 1 unspecified atom stereocenters. The van der Waals surface area contributed by atoms with Crippen LogP contribution in [0.1, 0.15) is 16.8 Å². The van der Waals surface area contributed by atoms with Crippen molar-refractivity contribution >= 4 is 29.5 Å². The largest absolute Gasteiger partial charge is 0.497 e. The summed E-state index contributed by atoms with van der Waals surface area (Å²) in [6.45, 7) is -0.306. The van der Waals surface area contributed by atoms with Crippen LogP contribution in [0.25, 0.3) is 0 Å². The van der Waals surface area contributed by atoms with Gasteiger partial charge in [0, 0.05) is 11.8 Å². The highest BCUT2D eigenvalue weighted by Crippen LogP contribution is 2.33. The number of nitrogens with one attached hydrogen (secondary N) is 1. The summed E-state index contributed by atoms with van der Waals surface area (Å²) in [7, 11) is 2.96. The van der Waals surface area contributed by atoms with Gasteiger partial charge in [-0.2, -0.15) is 11.8 Å². The van der Waals surface area contributed by atoms with Crippen molar-refractivity contribution in [2.45, 2.75) is 12.0 Å². The molecule has 2 fully saturated rings. The molecule has 0 bridgehead atoms. The number of rotatable bonds is 5. The lowest BCUT2D eigenvalue weighted by molar-refractivity contribution is -0.130. The van der Waals surface area contributed by atoms with E-state index >= 15 is 0 Å². The number of urea groups is 1. The Bertz CT molecular complexity index is 700. The van der Waals surface area contributed by atoms with Crippen LogP contribution in [0, 0.1) is 0 Å². The maximum atomic E-state index is 12.6. The fourth-order valence-corrected chi connectivity index (χ4v) is 4.24. The van der Waals surface area contributed by atoms with Crippen LogP contribution in [0.4, 0.5) is 4.79 Å². The Morgan fingerprint density at radius 2 is 2.12 bits per heavy atom. The number of amides is 3. The first-order valence-electron chi connectivity index (χ1n) is 7.48. The van der Waals surface area contributed by atoms with Crippen molar-refractivity contribution in [2.24, 2.45) is 0 Å². The zero-order valence-corrected chi connectivity index (χ0v) is 14.3. The number of imide groups is 1. The number of benzene rings is 1. The van der Waals surface area contributed by atoms with Crippen molar-refractivity contribution in [3.05, 3.63) is 23.8 Å². The Hall–Kier alpha value is -2.22. The van der Waals surface area contributed by atoms with Gasteiger partial charge in [0.1, 0.15) is 17.0 Å². The molecule has 0 aromatic heterocycles. The van der Waals surface area contributed by atoms with Crippen LogP contribution in [0.5, 0.6) is 11.5 Å². The summed E-state index contributed by atoms with van der Waals surface area (Å²) in [4.78, 5) is 38.3. The Kier molecular flexibility index (Phi) is 4.40. The minimum atomic E-state index is -0.841. The summed E-state index contributed by atoms with van der Waals surface area (Å²) < 4.78 is 10.3. The standard InChI is InChI=1S/C16H18N2O5S/c1-22-10-3-4-11(13(7-10)23-2)12(19)8-18-14(20)16(17-15(18)21)5-6-24-9-16/h3-4,7H,5-6,8-9H2,1-2H3,(H,17,21). The van der Waals surface area contributed by atoms with Crippen molar-refractivity contribution in [3.8, 4) is 11.5 Å². The molecule has 128 valence electrons. The monoisotopic (exact) mass is 350 g/mol. The third kappa shape index (κ3) is 2.71. The quantitative estimate of drug-likeness (QED) is 0.637. The summed E-state index contributed by atoms with van der Waals surface area (Å²) in [5, 5.41) is 2.75. The SMILES string of the molecule is COc1ccc(C(=O)CN2C(=O)NC3(CCSC3)C2=O)c(OC)c1. The molecule has 1 aromatic rings. The van der Waals surface area contributed by atoms with E-state index in [2.05, 4.69) is 5.32 Å². The lowest BCUT2D eigenvalue weighted by atomic mass is 9.99. The molecule has 2 aliphatic rings. The van der Waals surface area contributed by atoms with Crippen molar-refractivity contribution < 1.29 is 23.9 Å². The second-order valence-electron chi connectivity index (χ2n) is 5.70. The molecular formula is C16H18N2O5S. The molecule has 1 spiro atoms. The molecule has 0 saturated carbocycles. The molecule has 24 heavy (non-hydrogen) atoms. The fourth-order valence-electron chi connectivity index (χ4n) is 2.91. The Labute approximate surface area is 143 Å². The molecule has 1 N–H and O–H groups in total. The molecule has 2 saturated heterocycles.